The number of halogens is 4. The van der Waals surface area contributed by atoms with E-state index in [0.29, 0.717) is 21.4 Å². The van der Waals surface area contributed by atoms with Gasteiger partial charge < -0.3 is 10.1 Å². The van der Waals surface area contributed by atoms with Crippen molar-refractivity contribution in [1.82, 2.24) is 0 Å². The van der Waals surface area contributed by atoms with E-state index in [-0.39, 0.29) is 27.1 Å². The molecule has 1 aliphatic rings. The van der Waals surface area contributed by atoms with E-state index in [1.807, 2.05) is 0 Å². The molecule has 6 nitrogen and oxygen atoms in total. The highest BCUT2D eigenvalue weighted by Crippen LogP contribution is 2.31. The summed E-state index contributed by atoms with van der Waals surface area (Å²) in [6, 6.07) is 16.8. The number of rotatable bonds is 5. The Balaban J connectivity index is 1.48. The number of amides is 2. The van der Waals surface area contributed by atoms with Gasteiger partial charge in [0.05, 0.1) is 16.3 Å². The van der Waals surface area contributed by atoms with Crippen LogP contribution in [0.5, 0.6) is 5.75 Å². The molecule has 1 N–H and O–H groups in total. The summed E-state index contributed by atoms with van der Waals surface area (Å²) >= 11 is 23.9. The molecule has 0 aliphatic carbocycles. The van der Waals surface area contributed by atoms with Crippen molar-refractivity contribution in [2.75, 3.05) is 10.2 Å². The van der Waals surface area contributed by atoms with Gasteiger partial charge in [-0.1, -0.05) is 46.4 Å². The van der Waals surface area contributed by atoms with Crippen LogP contribution < -0.4 is 15.0 Å². The number of benzene rings is 3. The molecule has 10 heteroatoms. The summed E-state index contributed by atoms with van der Waals surface area (Å²) in [5.41, 5.74) is 0.926. The van der Waals surface area contributed by atoms with Crippen LogP contribution in [0, 0.1) is 0 Å². The van der Waals surface area contributed by atoms with Crippen molar-refractivity contribution in [3.05, 3.63) is 98.1 Å². The Kier molecular flexibility index (Phi) is 6.63. The van der Waals surface area contributed by atoms with Crippen LogP contribution in [0.15, 0.2) is 77.5 Å². The molecule has 4 rings (SSSR count). The first kappa shape index (κ1) is 23.1. The van der Waals surface area contributed by atoms with Gasteiger partial charge in [0.1, 0.15) is 16.5 Å². The average Bonchev–Trinajstić information content (AvgIpc) is 3.00. The Morgan fingerprint density at radius 1 is 0.788 bits per heavy atom. The van der Waals surface area contributed by atoms with E-state index in [4.69, 9.17) is 51.1 Å². The van der Waals surface area contributed by atoms with E-state index in [2.05, 4.69) is 5.32 Å². The van der Waals surface area contributed by atoms with Crippen LogP contribution in [0.2, 0.25) is 15.1 Å². The fourth-order valence-corrected chi connectivity index (χ4v) is 3.77. The second-order valence-corrected chi connectivity index (χ2v) is 8.44. The Morgan fingerprint density at radius 2 is 1.42 bits per heavy atom. The van der Waals surface area contributed by atoms with E-state index >= 15 is 0 Å². The van der Waals surface area contributed by atoms with E-state index < -0.39 is 17.8 Å². The largest absolute Gasteiger partial charge is 0.421 e. The number of hydrogen-bond donors (Lipinski definition) is 1. The minimum absolute atomic E-state index is 0.0834. The summed E-state index contributed by atoms with van der Waals surface area (Å²) in [4.78, 5) is 38.7. The Bertz CT molecular complexity index is 1310. The minimum Gasteiger partial charge on any atom is -0.421 e. The predicted molar refractivity (Wildman–Crippen MR) is 128 cm³/mol. The molecule has 33 heavy (non-hydrogen) atoms. The van der Waals surface area contributed by atoms with Crippen molar-refractivity contribution in [3.8, 4) is 5.75 Å². The SMILES string of the molecule is O=C(Oc1ccc(Cl)cc1Cl)c1ccc(NC2=C(Cl)C(=O)N(c3ccc(Cl)cc3)C2=O)cc1. The van der Waals surface area contributed by atoms with E-state index in [9.17, 15) is 14.4 Å². The molecule has 166 valence electrons. The fraction of sp³-hybridized carbons (Fsp3) is 0. The van der Waals surface area contributed by atoms with E-state index in [1.54, 1.807) is 42.5 Å². The van der Waals surface area contributed by atoms with Gasteiger partial charge in [-0.2, -0.15) is 0 Å². The lowest BCUT2D eigenvalue weighted by atomic mass is 10.2. The molecule has 2 amide bonds. The first-order valence-corrected chi connectivity index (χ1v) is 10.8. The highest BCUT2D eigenvalue weighted by atomic mass is 35.5. The van der Waals surface area contributed by atoms with Crippen molar-refractivity contribution in [1.29, 1.82) is 0 Å². The summed E-state index contributed by atoms with van der Waals surface area (Å²) < 4.78 is 5.28. The topological polar surface area (TPSA) is 75.7 Å². The Morgan fingerprint density at radius 3 is 2.06 bits per heavy atom. The molecule has 1 aliphatic heterocycles. The van der Waals surface area contributed by atoms with Gasteiger partial charge in [-0.15, -0.1) is 0 Å². The Hall–Kier alpha value is -3.03. The van der Waals surface area contributed by atoms with Gasteiger partial charge >= 0.3 is 5.97 Å². The predicted octanol–water partition coefficient (Wildman–Crippen LogP) is 6.30. The third kappa shape index (κ3) is 4.84. The van der Waals surface area contributed by atoms with Crippen molar-refractivity contribution in [2.24, 2.45) is 0 Å². The minimum atomic E-state index is -0.661. The summed E-state index contributed by atoms with van der Waals surface area (Å²) in [7, 11) is 0. The number of nitrogens with zero attached hydrogens (tertiary/aromatic N) is 1. The number of nitrogens with one attached hydrogen (secondary N) is 1. The number of anilines is 2. The first-order chi connectivity index (χ1) is 15.7. The molecule has 0 spiro atoms. The number of carbonyl (C=O) groups is 3. The smallest absolute Gasteiger partial charge is 0.343 e. The molecular formula is C23H12Cl4N2O4. The third-order valence-electron chi connectivity index (χ3n) is 4.60. The Labute approximate surface area is 208 Å². The molecule has 0 unspecified atom stereocenters. The van der Waals surface area contributed by atoms with Crippen molar-refractivity contribution in [3.63, 3.8) is 0 Å². The average molecular weight is 522 g/mol. The zero-order valence-electron chi connectivity index (χ0n) is 16.4. The molecule has 1 heterocycles. The lowest BCUT2D eigenvalue weighted by Crippen LogP contribution is -2.32. The normalized spacial score (nSPS) is 13.5. The van der Waals surface area contributed by atoms with Crippen LogP contribution in [0.1, 0.15) is 10.4 Å². The van der Waals surface area contributed by atoms with Gasteiger partial charge in [0, 0.05) is 15.7 Å². The maximum absolute atomic E-state index is 12.8. The number of esters is 1. The fourth-order valence-electron chi connectivity index (χ4n) is 2.99. The molecule has 0 aromatic heterocycles. The molecule has 0 saturated heterocycles. The number of hydrogen-bond acceptors (Lipinski definition) is 5. The molecule has 3 aromatic rings. The molecule has 0 bridgehead atoms. The molecule has 0 saturated carbocycles. The van der Waals surface area contributed by atoms with Gasteiger partial charge in [0.15, 0.2) is 0 Å². The van der Waals surface area contributed by atoms with Crippen LogP contribution in [-0.4, -0.2) is 17.8 Å². The molecular weight excluding hydrogens is 510 g/mol. The maximum atomic E-state index is 12.8. The molecule has 0 radical (unpaired) electrons. The summed E-state index contributed by atoms with van der Waals surface area (Å²) in [6.45, 7) is 0. The van der Waals surface area contributed by atoms with Crippen LogP contribution >= 0.6 is 46.4 Å². The third-order valence-corrected chi connectivity index (χ3v) is 5.73. The second-order valence-electron chi connectivity index (χ2n) is 6.78. The van der Waals surface area contributed by atoms with Crippen molar-refractivity contribution < 1.29 is 19.1 Å². The van der Waals surface area contributed by atoms with Gasteiger partial charge in [-0.05, 0) is 66.7 Å². The zero-order valence-corrected chi connectivity index (χ0v) is 19.5. The molecule has 3 aromatic carbocycles. The lowest BCUT2D eigenvalue weighted by molar-refractivity contribution is -0.120. The molecule has 0 fully saturated rings. The number of carbonyl (C=O) groups excluding carboxylic acids is 3. The van der Waals surface area contributed by atoms with Crippen LogP contribution in [-0.2, 0) is 9.59 Å². The summed E-state index contributed by atoms with van der Waals surface area (Å²) in [6.07, 6.45) is 0. The first-order valence-electron chi connectivity index (χ1n) is 9.33. The number of imide groups is 1. The van der Waals surface area contributed by atoms with Gasteiger partial charge in [-0.25, -0.2) is 9.69 Å². The summed E-state index contributed by atoms with van der Waals surface area (Å²) in [5, 5.41) is 3.66. The van der Waals surface area contributed by atoms with Gasteiger partial charge in [-0.3, -0.25) is 9.59 Å². The van der Waals surface area contributed by atoms with Crippen LogP contribution in [0.3, 0.4) is 0 Å². The highest BCUT2D eigenvalue weighted by Gasteiger charge is 2.38. The van der Waals surface area contributed by atoms with Crippen molar-refractivity contribution in [2.45, 2.75) is 0 Å². The van der Waals surface area contributed by atoms with Crippen molar-refractivity contribution >= 4 is 75.6 Å². The quantitative estimate of drug-likeness (QED) is 0.242. The van der Waals surface area contributed by atoms with Crippen LogP contribution in [0.25, 0.3) is 0 Å². The monoisotopic (exact) mass is 520 g/mol. The zero-order chi connectivity index (χ0) is 23.7. The molecule has 0 atom stereocenters. The maximum Gasteiger partial charge on any atom is 0.343 e. The summed E-state index contributed by atoms with van der Waals surface area (Å²) in [5.74, 6) is -1.74. The lowest BCUT2D eigenvalue weighted by Gasteiger charge is -2.15. The van der Waals surface area contributed by atoms with E-state index in [1.165, 1.54) is 24.3 Å². The van der Waals surface area contributed by atoms with Gasteiger partial charge in [0.2, 0.25) is 0 Å². The van der Waals surface area contributed by atoms with E-state index in [0.717, 1.165) is 4.90 Å². The standard InChI is InChI=1S/C23H12Cl4N2O4/c24-13-3-8-16(9-4-13)29-21(30)19(27)20(22(29)31)28-15-6-1-12(2-7-15)23(32)33-18-10-5-14(25)11-17(18)26/h1-11,28H. The van der Waals surface area contributed by atoms with Crippen LogP contribution in [0.4, 0.5) is 11.4 Å². The second kappa shape index (κ2) is 9.45. The number of ether oxygens (including phenoxy) is 1. The highest BCUT2D eigenvalue weighted by molar-refractivity contribution is 6.53. The van der Waals surface area contributed by atoms with Gasteiger partial charge in [0.25, 0.3) is 11.8 Å².